The van der Waals surface area contributed by atoms with Gasteiger partial charge in [-0.05, 0) is 76.0 Å². The lowest BCUT2D eigenvalue weighted by Gasteiger charge is -2.37. The highest BCUT2D eigenvalue weighted by molar-refractivity contribution is 5.93. The van der Waals surface area contributed by atoms with E-state index < -0.39 is 23.8 Å². The van der Waals surface area contributed by atoms with E-state index in [1.807, 2.05) is 45.9 Å². The Labute approximate surface area is 217 Å². The fraction of sp³-hybridized carbons (Fsp3) is 0.690. The third kappa shape index (κ3) is 7.71. The van der Waals surface area contributed by atoms with Gasteiger partial charge in [0.2, 0.25) is 11.8 Å². The van der Waals surface area contributed by atoms with Crippen molar-refractivity contribution in [1.82, 2.24) is 15.5 Å². The molecule has 1 aliphatic rings. The fourth-order valence-corrected chi connectivity index (χ4v) is 4.59. The molecular formula is C29H47N3O4. The average molecular weight is 502 g/mol. The Hall–Kier alpha value is -2.57. The van der Waals surface area contributed by atoms with E-state index in [2.05, 4.69) is 24.5 Å². The van der Waals surface area contributed by atoms with Gasteiger partial charge in [0.25, 0.3) is 0 Å². The summed E-state index contributed by atoms with van der Waals surface area (Å²) in [6.45, 7) is 18.0. The standard InChI is InChI=1S/C29H47N3O4/c1-10-12-16-30-26(33)25(23-19(4)14-13-15-20(23)5)32(22-17-21(22)6)27(34)24(18(3)11-2)31-28(35)36-29(7,8)9/h13-15,18,21-22,24-25H,10-12,16-17H2,1-9H3,(H,30,33)(H,31,35). The van der Waals surface area contributed by atoms with Crippen LogP contribution < -0.4 is 10.6 Å². The Morgan fingerprint density at radius 1 is 1.14 bits per heavy atom. The number of carbonyl (C=O) groups excluding carboxylic acids is 3. The summed E-state index contributed by atoms with van der Waals surface area (Å²) in [6.07, 6.45) is 2.73. The van der Waals surface area contributed by atoms with Crippen LogP contribution in [0.4, 0.5) is 4.79 Å². The molecule has 5 atom stereocenters. The Morgan fingerprint density at radius 2 is 1.72 bits per heavy atom. The molecule has 0 heterocycles. The van der Waals surface area contributed by atoms with Gasteiger partial charge in [0.05, 0.1) is 0 Å². The van der Waals surface area contributed by atoms with Gasteiger partial charge >= 0.3 is 6.09 Å². The van der Waals surface area contributed by atoms with Crippen molar-refractivity contribution in [2.24, 2.45) is 11.8 Å². The minimum atomic E-state index is -0.798. The molecule has 0 spiro atoms. The quantitative estimate of drug-likeness (QED) is 0.395. The molecule has 7 heteroatoms. The number of ether oxygens (including phenoxy) is 1. The highest BCUT2D eigenvalue weighted by atomic mass is 16.6. The molecule has 0 aromatic heterocycles. The van der Waals surface area contributed by atoms with Crippen molar-refractivity contribution in [3.8, 4) is 0 Å². The molecule has 1 aromatic carbocycles. The van der Waals surface area contributed by atoms with E-state index in [-0.39, 0.29) is 29.7 Å². The van der Waals surface area contributed by atoms with E-state index in [0.717, 1.165) is 36.0 Å². The monoisotopic (exact) mass is 501 g/mol. The highest BCUT2D eigenvalue weighted by Crippen LogP contribution is 2.42. The van der Waals surface area contributed by atoms with Crippen LogP contribution >= 0.6 is 0 Å². The molecule has 0 aliphatic heterocycles. The van der Waals surface area contributed by atoms with Crippen LogP contribution in [-0.2, 0) is 14.3 Å². The van der Waals surface area contributed by atoms with Crippen molar-refractivity contribution in [3.05, 3.63) is 34.9 Å². The molecular weight excluding hydrogens is 454 g/mol. The first-order valence-corrected chi connectivity index (χ1v) is 13.5. The van der Waals surface area contributed by atoms with Gasteiger partial charge in [0.1, 0.15) is 17.7 Å². The lowest BCUT2D eigenvalue weighted by atomic mass is 9.91. The third-order valence-electron chi connectivity index (χ3n) is 7.00. The Morgan fingerprint density at radius 3 is 2.19 bits per heavy atom. The molecule has 1 fully saturated rings. The Bertz CT molecular complexity index is 903. The number of unbranched alkanes of at least 4 members (excludes halogenated alkanes) is 1. The maximum Gasteiger partial charge on any atom is 0.408 e. The van der Waals surface area contributed by atoms with Crippen molar-refractivity contribution in [3.63, 3.8) is 0 Å². The van der Waals surface area contributed by atoms with Gasteiger partial charge in [-0.3, -0.25) is 9.59 Å². The number of aryl methyl sites for hydroxylation is 2. The molecule has 2 N–H and O–H groups in total. The molecule has 0 bridgehead atoms. The molecule has 36 heavy (non-hydrogen) atoms. The van der Waals surface area contributed by atoms with Crippen LogP contribution in [-0.4, -0.2) is 47.0 Å². The fourth-order valence-electron chi connectivity index (χ4n) is 4.59. The lowest BCUT2D eigenvalue weighted by molar-refractivity contribution is -0.144. The first kappa shape index (κ1) is 29.7. The molecule has 202 valence electrons. The molecule has 0 saturated heterocycles. The summed E-state index contributed by atoms with van der Waals surface area (Å²) in [5.74, 6) is -0.261. The van der Waals surface area contributed by atoms with Crippen LogP contribution in [0.2, 0.25) is 0 Å². The maximum absolute atomic E-state index is 14.3. The average Bonchev–Trinajstić information content (AvgIpc) is 3.50. The van der Waals surface area contributed by atoms with Crippen LogP contribution in [0.3, 0.4) is 0 Å². The van der Waals surface area contributed by atoms with Crippen molar-refractivity contribution >= 4 is 17.9 Å². The molecule has 1 saturated carbocycles. The summed E-state index contributed by atoms with van der Waals surface area (Å²) in [4.78, 5) is 42.6. The van der Waals surface area contributed by atoms with Crippen LogP contribution in [0.5, 0.6) is 0 Å². The number of amides is 3. The Balaban J connectivity index is 2.55. The zero-order valence-corrected chi connectivity index (χ0v) is 23.7. The number of hydrogen-bond acceptors (Lipinski definition) is 4. The lowest BCUT2D eigenvalue weighted by Crippen LogP contribution is -2.56. The van der Waals surface area contributed by atoms with Gasteiger partial charge in [-0.2, -0.15) is 0 Å². The number of nitrogens with zero attached hydrogens (tertiary/aromatic N) is 1. The van der Waals surface area contributed by atoms with E-state index in [9.17, 15) is 14.4 Å². The van der Waals surface area contributed by atoms with Gasteiger partial charge in [0, 0.05) is 12.6 Å². The summed E-state index contributed by atoms with van der Waals surface area (Å²) in [7, 11) is 0. The molecule has 5 unspecified atom stereocenters. The normalized spacial score (nSPS) is 19.6. The molecule has 1 aliphatic carbocycles. The van der Waals surface area contributed by atoms with Gasteiger partial charge in [-0.25, -0.2) is 4.79 Å². The molecule has 3 amide bonds. The number of rotatable bonds is 11. The summed E-state index contributed by atoms with van der Waals surface area (Å²) in [6, 6.07) is 4.31. The zero-order chi connectivity index (χ0) is 27.2. The van der Waals surface area contributed by atoms with Crippen LogP contribution in [0.25, 0.3) is 0 Å². The topological polar surface area (TPSA) is 87.7 Å². The number of carbonyl (C=O) groups is 3. The minimum absolute atomic E-state index is 0.0644. The maximum atomic E-state index is 14.3. The van der Waals surface area contributed by atoms with Crippen molar-refractivity contribution < 1.29 is 19.1 Å². The van der Waals surface area contributed by atoms with Gasteiger partial charge in [-0.1, -0.05) is 58.7 Å². The SMILES string of the molecule is CCCCNC(=O)C(c1c(C)cccc1C)N(C(=O)C(NC(=O)OC(C)(C)C)C(C)CC)C1CC1C. The molecule has 2 rings (SSSR count). The molecule has 7 nitrogen and oxygen atoms in total. The number of nitrogens with one attached hydrogen (secondary N) is 2. The second kappa shape index (κ2) is 12.6. The smallest absolute Gasteiger partial charge is 0.408 e. The van der Waals surface area contributed by atoms with Crippen LogP contribution in [0.1, 0.15) is 96.9 Å². The zero-order valence-electron chi connectivity index (χ0n) is 23.7. The van der Waals surface area contributed by atoms with Gasteiger partial charge in [0.15, 0.2) is 0 Å². The summed E-state index contributed by atoms with van der Waals surface area (Å²) in [5.41, 5.74) is 2.12. The largest absolute Gasteiger partial charge is 0.444 e. The predicted octanol–water partition coefficient (Wildman–Crippen LogP) is 5.44. The molecule has 0 radical (unpaired) electrons. The molecule has 1 aromatic rings. The predicted molar refractivity (Wildman–Crippen MR) is 144 cm³/mol. The van der Waals surface area contributed by atoms with E-state index in [1.54, 1.807) is 25.7 Å². The van der Waals surface area contributed by atoms with Crippen molar-refractivity contribution in [1.29, 1.82) is 0 Å². The second-order valence-electron chi connectivity index (χ2n) is 11.4. The first-order chi connectivity index (χ1) is 16.8. The van der Waals surface area contributed by atoms with E-state index in [4.69, 9.17) is 4.74 Å². The number of benzene rings is 1. The van der Waals surface area contributed by atoms with Crippen molar-refractivity contribution in [2.75, 3.05) is 6.54 Å². The minimum Gasteiger partial charge on any atom is -0.444 e. The van der Waals surface area contributed by atoms with E-state index in [0.29, 0.717) is 13.0 Å². The number of alkyl carbamates (subject to hydrolysis) is 1. The van der Waals surface area contributed by atoms with E-state index >= 15 is 0 Å². The van der Waals surface area contributed by atoms with Gasteiger partial charge in [-0.15, -0.1) is 0 Å². The summed E-state index contributed by atoms with van der Waals surface area (Å²) < 4.78 is 5.49. The van der Waals surface area contributed by atoms with Gasteiger partial charge < -0.3 is 20.3 Å². The second-order valence-corrected chi connectivity index (χ2v) is 11.4. The highest BCUT2D eigenvalue weighted by Gasteiger charge is 2.49. The number of hydrogen-bond donors (Lipinski definition) is 2. The first-order valence-electron chi connectivity index (χ1n) is 13.5. The van der Waals surface area contributed by atoms with E-state index in [1.165, 1.54) is 0 Å². The van der Waals surface area contributed by atoms with Crippen LogP contribution in [0.15, 0.2) is 18.2 Å². The summed E-state index contributed by atoms with van der Waals surface area (Å²) >= 11 is 0. The van der Waals surface area contributed by atoms with Crippen molar-refractivity contribution in [2.45, 2.75) is 112 Å². The van der Waals surface area contributed by atoms with Crippen LogP contribution in [0, 0.1) is 25.7 Å². The third-order valence-corrected chi connectivity index (χ3v) is 7.00. The summed E-state index contributed by atoms with van der Waals surface area (Å²) in [5, 5.41) is 5.92. The Kier molecular flexibility index (Phi) is 10.4.